The zero-order valence-electron chi connectivity index (χ0n) is 13.8. The fraction of sp³-hybridized carbons (Fsp3) is 0.556. The van der Waals surface area contributed by atoms with Gasteiger partial charge in [0, 0.05) is 31.5 Å². The van der Waals surface area contributed by atoms with Crippen molar-refractivity contribution >= 4 is 11.8 Å². The van der Waals surface area contributed by atoms with E-state index < -0.39 is 0 Å². The maximum absolute atomic E-state index is 13.5. The number of carbonyl (C=O) groups excluding carboxylic acids is 2. The largest absolute Gasteiger partial charge is 0.353 e. The van der Waals surface area contributed by atoms with Crippen LogP contribution in [-0.2, 0) is 16.0 Å². The SMILES string of the molecule is CC(C)C(=O)N1CCC(NC(=O)CCc2ccccc2F)CC1. The van der Waals surface area contributed by atoms with Crippen LogP contribution in [0.4, 0.5) is 4.39 Å². The second-order valence-corrected chi connectivity index (χ2v) is 6.41. The van der Waals surface area contributed by atoms with Crippen molar-refractivity contribution in [2.75, 3.05) is 13.1 Å². The molecule has 2 rings (SSSR count). The fourth-order valence-electron chi connectivity index (χ4n) is 2.86. The average molecular weight is 320 g/mol. The van der Waals surface area contributed by atoms with E-state index in [0.717, 1.165) is 12.8 Å². The lowest BCUT2D eigenvalue weighted by molar-refractivity contribution is -0.135. The van der Waals surface area contributed by atoms with E-state index in [1.54, 1.807) is 18.2 Å². The molecule has 0 bridgehead atoms. The molecule has 1 N–H and O–H groups in total. The lowest BCUT2D eigenvalue weighted by Crippen LogP contribution is -2.47. The minimum absolute atomic E-state index is 0.0157. The molecule has 0 unspecified atom stereocenters. The smallest absolute Gasteiger partial charge is 0.225 e. The zero-order valence-corrected chi connectivity index (χ0v) is 13.8. The Morgan fingerprint density at radius 2 is 1.91 bits per heavy atom. The van der Waals surface area contributed by atoms with Crippen molar-refractivity contribution in [3.63, 3.8) is 0 Å². The number of piperidine rings is 1. The third-order valence-corrected chi connectivity index (χ3v) is 4.24. The molecule has 23 heavy (non-hydrogen) atoms. The quantitative estimate of drug-likeness (QED) is 0.906. The Labute approximate surface area is 137 Å². The summed E-state index contributed by atoms with van der Waals surface area (Å²) in [5.41, 5.74) is 0.569. The van der Waals surface area contributed by atoms with Crippen molar-refractivity contribution in [3.8, 4) is 0 Å². The molecule has 0 atom stereocenters. The summed E-state index contributed by atoms with van der Waals surface area (Å²) >= 11 is 0. The van der Waals surface area contributed by atoms with Gasteiger partial charge in [-0.25, -0.2) is 4.39 Å². The molecule has 0 saturated carbocycles. The molecule has 5 heteroatoms. The number of nitrogens with zero attached hydrogens (tertiary/aromatic N) is 1. The van der Waals surface area contributed by atoms with Crippen molar-refractivity contribution in [2.45, 2.75) is 45.6 Å². The molecule has 1 saturated heterocycles. The van der Waals surface area contributed by atoms with E-state index >= 15 is 0 Å². The van der Waals surface area contributed by atoms with Crippen LogP contribution in [-0.4, -0.2) is 35.8 Å². The van der Waals surface area contributed by atoms with Crippen LogP contribution >= 0.6 is 0 Å². The van der Waals surface area contributed by atoms with E-state index in [2.05, 4.69) is 5.32 Å². The first-order chi connectivity index (χ1) is 11.0. The summed E-state index contributed by atoms with van der Waals surface area (Å²) in [5, 5.41) is 3.00. The predicted molar refractivity (Wildman–Crippen MR) is 87.3 cm³/mol. The van der Waals surface area contributed by atoms with Gasteiger partial charge in [-0.15, -0.1) is 0 Å². The molecule has 1 fully saturated rings. The van der Waals surface area contributed by atoms with Gasteiger partial charge in [0.1, 0.15) is 5.82 Å². The van der Waals surface area contributed by atoms with Gasteiger partial charge in [0.15, 0.2) is 0 Å². The third kappa shape index (κ3) is 5.05. The van der Waals surface area contributed by atoms with Gasteiger partial charge in [0.05, 0.1) is 0 Å². The summed E-state index contributed by atoms with van der Waals surface area (Å²) in [6, 6.07) is 6.65. The van der Waals surface area contributed by atoms with Crippen LogP contribution in [0.2, 0.25) is 0 Å². The number of amides is 2. The summed E-state index contributed by atoms with van der Waals surface area (Å²) in [6.45, 7) is 5.18. The van der Waals surface area contributed by atoms with Gasteiger partial charge in [-0.2, -0.15) is 0 Å². The van der Waals surface area contributed by atoms with Crippen LogP contribution in [0.15, 0.2) is 24.3 Å². The van der Waals surface area contributed by atoms with Gasteiger partial charge in [0.25, 0.3) is 0 Å². The lowest BCUT2D eigenvalue weighted by Gasteiger charge is -2.33. The number of likely N-dealkylation sites (tertiary alicyclic amines) is 1. The molecule has 1 aromatic rings. The molecule has 2 amide bonds. The van der Waals surface area contributed by atoms with Crippen LogP contribution in [0.1, 0.15) is 38.7 Å². The highest BCUT2D eigenvalue weighted by molar-refractivity contribution is 5.78. The summed E-state index contributed by atoms with van der Waals surface area (Å²) in [7, 11) is 0. The Hall–Kier alpha value is -1.91. The monoisotopic (exact) mass is 320 g/mol. The summed E-state index contributed by atoms with van der Waals surface area (Å²) in [5.74, 6) is -0.126. The Balaban J connectivity index is 1.73. The highest BCUT2D eigenvalue weighted by atomic mass is 19.1. The van der Waals surface area contributed by atoms with Crippen molar-refractivity contribution < 1.29 is 14.0 Å². The van der Waals surface area contributed by atoms with E-state index in [0.29, 0.717) is 25.1 Å². The molecule has 0 aliphatic carbocycles. The zero-order chi connectivity index (χ0) is 16.8. The molecule has 1 heterocycles. The number of carbonyl (C=O) groups is 2. The van der Waals surface area contributed by atoms with Crippen LogP contribution in [0.3, 0.4) is 0 Å². The fourth-order valence-corrected chi connectivity index (χ4v) is 2.86. The maximum Gasteiger partial charge on any atom is 0.225 e. The normalized spacial score (nSPS) is 15.7. The molecular weight excluding hydrogens is 295 g/mol. The highest BCUT2D eigenvalue weighted by Crippen LogP contribution is 2.14. The molecule has 1 aromatic carbocycles. The predicted octanol–water partition coefficient (Wildman–Crippen LogP) is 2.52. The van der Waals surface area contributed by atoms with Crippen LogP contribution in [0.25, 0.3) is 0 Å². The molecule has 4 nitrogen and oxygen atoms in total. The van der Waals surface area contributed by atoms with Crippen molar-refractivity contribution in [3.05, 3.63) is 35.6 Å². The molecule has 0 spiro atoms. The Morgan fingerprint density at radius 1 is 1.26 bits per heavy atom. The Kier molecular flexibility index (Phi) is 6.13. The van der Waals surface area contributed by atoms with Crippen LogP contribution in [0.5, 0.6) is 0 Å². The van der Waals surface area contributed by atoms with E-state index in [1.165, 1.54) is 6.07 Å². The van der Waals surface area contributed by atoms with Crippen LogP contribution in [0, 0.1) is 11.7 Å². The topological polar surface area (TPSA) is 49.4 Å². The van der Waals surface area contributed by atoms with Crippen molar-refractivity contribution in [1.29, 1.82) is 0 Å². The van der Waals surface area contributed by atoms with E-state index in [9.17, 15) is 14.0 Å². The number of rotatable bonds is 5. The molecule has 0 aromatic heterocycles. The average Bonchev–Trinajstić information content (AvgIpc) is 2.54. The van der Waals surface area contributed by atoms with E-state index in [-0.39, 0.29) is 36.0 Å². The molecule has 0 radical (unpaired) electrons. The van der Waals surface area contributed by atoms with Gasteiger partial charge in [0.2, 0.25) is 11.8 Å². The van der Waals surface area contributed by atoms with Gasteiger partial charge in [-0.1, -0.05) is 32.0 Å². The van der Waals surface area contributed by atoms with Gasteiger partial charge in [-0.05, 0) is 30.9 Å². The van der Waals surface area contributed by atoms with E-state index in [1.807, 2.05) is 18.7 Å². The van der Waals surface area contributed by atoms with Crippen LogP contribution < -0.4 is 5.32 Å². The van der Waals surface area contributed by atoms with Gasteiger partial charge >= 0.3 is 0 Å². The number of nitrogens with one attached hydrogen (secondary N) is 1. The van der Waals surface area contributed by atoms with Crippen molar-refractivity contribution in [1.82, 2.24) is 10.2 Å². The first-order valence-electron chi connectivity index (χ1n) is 8.29. The summed E-state index contributed by atoms with van der Waals surface area (Å²) < 4.78 is 13.5. The highest BCUT2D eigenvalue weighted by Gasteiger charge is 2.24. The molecule has 1 aliphatic rings. The minimum atomic E-state index is -0.263. The standard InChI is InChI=1S/C18H25FN2O2/c1-13(2)18(23)21-11-9-15(10-12-21)20-17(22)8-7-14-5-3-4-6-16(14)19/h3-6,13,15H,7-12H2,1-2H3,(H,20,22). The van der Waals surface area contributed by atoms with Gasteiger partial charge < -0.3 is 10.2 Å². The van der Waals surface area contributed by atoms with Gasteiger partial charge in [-0.3, -0.25) is 9.59 Å². The first kappa shape index (κ1) is 17.4. The van der Waals surface area contributed by atoms with E-state index in [4.69, 9.17) is 0 Å². The van der Waals surface area contributed by atoms with Crippen molar-refractivity contribution in [2.24, 2.45) is 5.92 Å². The minimum Gasteiger partial charge on any atom is -0.353 e. The molecular formula is C18H25FN2O2. The summed E-state index contributed by atoms with van der Waals surface area (Å²) in [4.78, 5) is 25.8. The first-order valence-corrected chi connectivity index (χ1v) is 8.29. The summed E-state index contributed by atoms with van der Waals surface area (Å²) in [6.07, 6.45) is 2.25. The second-order valence-electron chi connectivity index (χ2n) is 6.41. The maximum atomic E-state index is 13.5. The lowest BCUT2D eigenvalue weighted by atomic mass is 10.0. The molecule has 126 valence electrons. The third-order valence-electron chi connectivity index (χ3n) is 4.24. The molecule has 1 aliphatic heterocycles. The number of benzene rings is 1. The number of aryl methyl sites for hydroxylation is 1. The second kappa shape index (κ2) is 8.09. The Morgan fingerprint density at radius 3 is 2.52 bits per heavy atom. The number of hydrogen-bond donors (Lipinski definition) is 1. The Bertz CT molecular complexity index is 552. The number of halogens is 1. The number of hydrogen-bond acceptors (Lipinski definition) is 2.